The van der Waals surface area contributed by atoms with E-state index in [0.29, 0.717) is 22.1 Å². The lowest BCUT2D eigenvalue weighted by atomic mass is 10.0. The third kappa shape index (κ3) is 3.06. The first-order chi connectivity index (χ1) is 10.1. The summed E-state index contributed by atoms with van der Waals surface area (Å²) in [4.78, 5) is 0. The molecular formula is C16H17ClO4. The van der Waals surface area contributed by atoms with Gasteiger partial charge in [-0.1, -0.05) is 23.7 Å². The van der Waals surface area contributed by atoms with Crippen LogP contribution in [0.25, 0.3) is 0 Å². The Kier molecular flexibility index (Phi) is 4.94. The predicted molar refractivity (Wildman–Crippen MR) is 81.6 cm³/mol. The molecule has 2 rings (SSSR count). The number of rotatable bonds is 5. The molecule has 0 amide bonds. The highest BCUT2D eigenvalue weighted by Crippen LogP contribution is 2.41. The van der Waals surface area contributed by atoms with Gasteiger partial charge in [0, 0.05) is 5.56 Å². The summed E-state index contributed by atoms with van der Waals surface area (Å²) in [5.41, 5.74) is 1.30. The molecule has 5 heteroatoms. The van der Waals surface area contributed by atoms with Gasteiger partial charge in [0.25, 0.3) is 0 Å². The molecule has 0 aromatic heterocycles. The van der Waals surface area contributed by atoms with E-state index in [2.05, 4.69) is 0 Å². The van der Waals surface area contributed by atoms with Crippen molar-refractivity contribution in [1.82, 2.24) is 0 Å². The van der Waals surface area contributed by atoms with E-state index in [9.17, 15) is 5.11 Å². The summed E-state index contributed by atoms with van der Waals surface area (Å²) in [7, 11) is 4.63. The predicted octanol–water partition coefficient (Wildman–Crippen LogP) is 3.45. The SMILES string of the molecule is COc1ccc(C(O)c2ccc(OC)c(Cl)c2OC)cc1. The van der Waals surface area contributed by atoms with Crippen LogP contribution >= 0.6 is 11.6 Å². The minimum Gasteiger partial charge on any atom is -0.497 e. The Bertz CT molecular complexity index is 610. The molecule has 21 heavy (non-hydrogen) atoms. The molecular weight excluding hydrogens is 292 g/mol. The van der Waals surface area contributed by atoms with E-state index >= 15 is 0 Å². The Morgan fingerprint density at radius 3 is 2.10 bits per heavy atom. The molecule has 112 valence electrons. The maximum Gasteiger partial charge on any atom is 0.147 e. The van der Waals surface area contributed by atoms with Crippen molar-refractivity contribution in [3.8, 4) is 17.2 Å². The van der Waals surface area contributed by atoms with Crippen LogP contribution in [0.3, 0.4) is 0 Å². The van der Waals surface area contributed by atoms with Crippen molar-refractivity contribution in [3.05, 3.63) is 52.5 Å². The molecule has 0 aliphatic rings. The third-order valence-corrected chi connectivity index (χ3v) is 3.60. The Hall–Kier alpha value is -1.91. The normalized spacial score (nSPS) is 11.9. The summed E-state index contributed by atoms with van der Waals surface area (Å²) in [6, 6.07) is 10.6. The van der Waals surface area contributed by atoms with Crippen molar-refractivity contribution < 1.29 is 19.3 Å². The van der Waals surface area contributed by atoms with Gasteiger partial charge in [-0.25, -0.2) is 0 Å². The number of methoxy groups -OCH3 is 3. The average Bonchev–Trinajstić information content (AvgIpc) is 2.54. The van der Waals surface area contributed by atoms with E-state index in [1.54, 1.807) is 43.5 Å². The first-order valence-electron chi connectivity index (χ1n) is 6.34. The van der Waals surface area contributed by atoms with Gasteiger partial charge in [0.1, 0.15) is 28.4 Å². The smallest absolute Gasteiger partial charge is 0.147 e. The van der Waals surface area contributed by atoms with Crippen molar-refractivity contribution in [1.29, 1.82) is 0 Å². The van der Waals surface area contributed by atoms with Gasteiger partial charge >= 0.3 is 0 Å². The Labute approximate surface area is 128 Å². The second kappa shape index (κ2) is 6.70. The Morgan fingerprint density at radius 2 is 1.57 bits per heavy atom. The highest BCUT2D eigenvalue weighted by molar-refractivity contribution is 6.33. The van der Waals surface area contributed by atoms with Crippen LogP contribution in [0.2, 0.25) is 5.02 Å². The molecule has 0 saturated carbocycles. The van der Waals surface area contributed by atoms with Crippen molar-refractivity contribution >= 4 is 11.6 Å². The molecule has 0 heterocycles. The first kappa shape index (κ1) is 15.5. The number of hydrogen-bond donors (Lipinski definition) is 1. The molecule has 0 radical (unpaired) electrons. The van der Waals surface area contributed by atoms with E-state index in [1.807, 2.05) is 0 Å². The van der Waals surface area contributed by atoms with Crippen molar-refractivity contribution in [3.63, 3.8) is 0 Å². The number of aliphatic hydroxyl groups is 1. The molecule has 0 saturated heterocycles. The van der Waals surface area contributed by atoms with Crippen molar-refractivity contribution in [2.24, 2.45) is 0 Å². The first-order valence-corrected chi connectivity index (χ1v) is 6.72. The van der Waals surface area contributed by atoms with Crippen LogP contribution in [0.5, 0.6) is 17.2 Å². The van der Waals surface area contributed by atoms with Gasteiger partial charge < -0.3 is 19.3 Å². The Morgan fingerprint density at radius 1 is 0.905 bits per heavy atom. The topological polar surface area (TPSA) is 47.9 Å². The van der Waals surface area contributed by atoms with Gasteiger partial charge in [0.2, 0.25) is 0 Å². The van der Waals surface area contributed by atoms with Crippen molar-refractivity contribution in [2.45, 2.75) is 6.10 Å². The summed E-state index contributed by atoms with van der Waals surface area (Å²) < 4.78 is 15.6. The molecule has 0 fully saturated rings. The van der Waals surface area contributed by atoms with E-state index in [0.717, 1.165) is 11.3 Å². The summed E-state index contributed by atoms with van der Waals surface area (Å²) in [6.07, 6.45) is -0.853. The van der Waals surface area contributed by atoms with E-state index in [1.165, 1.54) is 14.2 Å². The largest absolute Gasteiger partial charge is 0.497 e. The minimum absolute atomic E-state index is 0.338. The number of halogens is 1. The monoisotopic (exact) mass is 308 g/mol. The molecule has 1 atom stereocenters. The molecule has 1 unspecified atom stereocenters. The van der Waals surface area contributed by atoms with Crippen LogP contribution < -0.4 is 14.2 Å². The van der Waals surface area contributed by atoms with Crippen LogP contribution in [0, 0.1) is 0 Å². The van der Waals surface area contributed by atoms with Gasteiger partial charge in [0.05, 0.1) is 21.3 Å². The summed E-state index contributed by atoms with van der Waals surface area (Å²) in [5, 5.41) is 10.9. The second-order valence-electron chi connectivity index (χ2n) is 4.38. The lowest BCUT2D eigenvalue weighted by molar-refractivity contribution is 0.214. The lowest BCUT2D eigenvalue weighted by Gasteiger charge is -2.18. The van der Waals surface area contributed by atoms with E-state index in [-0.39, 0.29) is 0 Å². The number of hydrogen-bond acceptors (Lipinski definition) is 4. The molecule has 2 aromatic rings. The van der Waals surface area contributed by atoms with Crippen LogP contribution in [0.15, 0.2) is 36.4 Å². The average molecular weight is 309 g/mol. The number of ether oxygens (including phenoxy) is 3. The molecule has 0 aliphatic carbocycles. The van der Waals surface area contributed by atoms with Gasteiger partial charge in [-0.05, 0) is 29.8 Å². The zero-order valence-electron chi connectivity index (χ0n) is 12.1. The van der Waals surface area contributed by atoms with Crippen molar-refractivity contribution in [2.75, 3.05) is 21.3 Å². The lowest BCUT2D eigenvalue weighted by Crippen LogP contribution is -2.03. The molecule has 0 aliphatic heterocycles. The standard InChI is InChI=1S/C16H17ClO4/c1-19-11-6-4-10(5-7-11)15(18)12-8-9-13(20-2)14(17)16(12)21-3/h4-9,15,18H,1-3H3. The van der Waals surface area contributed by atoms with Crippen LogP contribution in [0.1, 0.15) is 17.2 Å². The number of aliphatic hydroxyl groups excluding tert-OH is 1. The maximum atomic E-state index is 10.5. The van der Waals surface area contributed by atoms with Crippen LogP contribution in [0.4, 0.5) is 0 Å². The fraction of sp³-hybridized carbons (Fsp3) is 0.250. The van der Waals surface area contributed by atoms with Crippen LogP contribution in [-0.2, 0) is 0 Å². The molecule has 1 N–H and O–H groups in total. The fourth-order valence-corrected chi connectivity index (χ4v) is 2.43. The van der Waals surface area contributed by atoms with Gasteiger partial charge in [-0.2, -0.15) is 0 Å². The third-order valence-electron chi connectivity index (χ3n) is 3.24. The zero-order chi connectivity index (χ0) is 15.4. The molecule has 4 nitrogen and oxygen atoms in total. The van der Waals surface area contributed by atoms with E-state index in [4.69, 9.17) is 25.8 Å². The molecule has 2 aromatic carbocycles. The fourth-order valence-electron chi connectivity index (χ4n) is 2.10. The highest BCUT2D eigenvalue weighted by atomic mass is 35.5. The van der Waals surface area contributed by atoms with Gasteiger partial charge in [-0.15, -0.1) is 0 Å². The quantitative estimate of drug-likeness (QED) is 0.919. The number of benzene rings is 2. The summed E-state index contributed by atoms with van der Waals surface area (Å²) in [5.74, 6) is 1.63. The summed E-state index contributed by atoms with van der Waals surface area (Å²) >= 11 is 6.21. The Balaban J connectivity index is 2.42. The van der Waals surface area contributed by atoms with Gasteiger partial charge in [0.15, 0.2) is 0 Å². The van der Waals surface area contributed by atoms with Gasteiger partial charge in [-0.3, -0.25) is 0 Å². The van der Waals surface area contributed by atoms with Crippen LogP contribution in [-0.4, -0.2) is 26.4 Å². The van der Waals surface area contributed by atoms with E-state index < -0.39 is 6.10 Å². The maximum absolute atomic E-state index is 10.5. The minimum atomic E-state index is -0.853. The highest BCUT2D eigenvalue weighted by Gasteiger charge is 2.20. The molecule has 0 bridgehead atoms. The zero-order valence-corrected chi connectivity index (χ0v) is 12.8. The molecule has 0 spiro atoms. The second-order valence-corrected chi connectivity index (χ2v) is 4.76. The summed E-state index contributed by atoms with van der Waals surface area (Å²) in [6.45, 7) is 0.